The molecule has 0 spiro atoms. The van der Waals surface area contributed by atoms with E-state index in [1.165, 1.54) is 0 Å². The van der Waals surface area contributed by atoms with Gasteiger partial charge in [-0.2, -0.15) is 0 Å². The SMILES string of the molecule is CC1NNCC1S(=O)(=O)Nc1cc(C(=O)O)ccc1F. The van der Waals surface area contributed by atoms with Crippen molar-refractivity contribution in [1.29, 1.82) is 0 Å². The number of halogens is 1. The van der Waals surface area contributed by atoms with E-state index in [1.807, 2.05) is 0 Å². The minimum absolute atomic E-state index is 0.177. The molecular weight excluding hydrogens is 289 g/mol. The number of benzene rings is 1. The van der Waals surface area contributed by atoms with Crippen molar-refractivity contribution in [2.45, 2.75) is 18.2 Å². The number of carbonyl (C=O) groups is 1. The molecule has 0 amide bonds. The van der Waals surface area contributed by atoms with Crippen molar-refractivity contribution in [2.24, 2.45) is 0 Å². The van der Waals surface area contributed by atoms with Crippen LogP contribution in [0.3, 0.4) is 0 Å². The third-order valence-corrected chi connectivity index (χ3v) is 4.93. The van der Waals surface area contributed by atoms with Crippen LogP contribution in [0, 0.1) is 5.82 Å². The van der Waals surface area contributed by atoms with Crippen LogP contribution < -0.4 is 15.6 Å². The van der Waals surface area contributed by atoms with Crippen molar-refractivity contribution in [2.75, 3.05) is 11.3 Å². The molecule has 2 unspecified atom stereocenters. The lowest BCUT2D eigenvalue weighted by atomic mass is 10.2. The highest BCUT2D eigenvalue weighted by Gasteiger charge is 2.35. The lowest BCUT2D eigenvalue weighted by Crippen LogP contribution is -2.38. The number of sulfonamides is 1. The number of hydrogen-bond donors (Lipinski definition) is 4. The quantitative estimate of drug-likeness (QED) is 0.630. The van der Waals surface area contributed by atoms with Crippen LogP contribution in [0.1, 0.15) is 17.3 Å². The molecule has 0 saturated carbocycles. The summed E-state index contributed by atoms with van der Waals surface area (Å²) in [7, 11) is -3.84. The van der Waals surface area contributed by atoms with Gasteiger partial charge in [-0.05, 0) is 25.1 Å². The monoisotopic (exact) mass is 303 g/mol. The molecule has 7 nitrogen and oxygen atoms in total. The lowest BCUT2D eigenvalue weighted by Gasteiger charge is -2.16. The molecule has 20 heavy (non-hydrogen) atoms. The topological polar surface area (TPSA) is 108 Å². The molecule has 1 saturated heterocycles. The summed E-state index contributed by atoms with van der Waals surface area (Å²) in [6.45, 7) is 1.85. The van der Waals surface area contributed by atoms with Crippen LogP contribution >= 0.6 is 0 Å². The first-order valence-corrected chi connectivity index (χ1v) is 7.39. The first kappa shape index (κ1) is 14.7. The van der Waals surface area contributed by atoms with E-state index in [2.05, 4.69) is 15.6 Å². The molecule has 1 aromatic carbocycles. The van der Waals surface area contributed by atoms with Crippen LogP contribution in [0.25, 0.3) is 0 Å². The second kappa shape index (κ2) is 5.35. The van der Waals surface area contributed by atoms with E-state index in [0.717, 1.165) is 18.2 Å². The van der Waals surface area contributed by atoms with Gasteiger partial charge in [-0.15, -0.1) is 0 Å². The fraction of sp³-hybridized carbons (Fsp3) is 0.364. The van der Waals surface area contributed by atoms with E-state index < -0.39 is 27.1 Å². The van der Waals surface area contributed by atoms with Gasteiger partial charge in [-0.1, -0.05) is 0 Å². The van der Waals surface area contributed by atoms with Crippen molar-refractivity contribution >= 4 is 21.7 Å². The van der Waals surface area contributed by atoms with Gasteiger partial charge in [0, 0.05) is 12.6 Å². The van der Waals surface area contributed by atoms with E-state index in [1.54, 1.807) is 6.92 Å². The number of carboxylic acid groups (broad SMARTS) is 1. The standard InChI is InChI=1S/C11H14FN3O4S/c1-6-10(5-13-14-6)20(18,19)15-9-4-7(11(16)17)2-3-8(9)12/h2-4,6,10,13-15H,5H2,1H3,(H,16,17). The summed E-state index contributed by atoms with van der Waals surface area (Å²) in [6.07, 6.45) is 0. The Kier molecular flexibility index (Phi) is 3.93. The Labute approximate surface area is 115 Å². The van der Waals surface area contributed by atoms with Crippen LogP contribution in [0.5, 0.6) is 0 Å². The first-order valence-electron chi connectivity index (χ1n) is 5.84. The number of hydrogen-bond acceptors (Lipinski definition) is 5. The third-order valence-electron chi connectivity index (χ3n) is 3.05. The fourth-order valence-electron chi connectivity index (χ4n) is 1.93. The Balaban J connectivity index is 2.29. The molecule has 1 fully saturated rings. The van der Waals surface area contributed by atoms with Gasteiger partial charge in [0.2, 0.25) is 10.0 Å². The molecule has 110 valence electrons. The molecule has 9 heteroatoms. The van der Waals surface area contributed by atoms with Crippen molar-refractivity contribution in [3.05, 3.63) is 29.6 Å². The Morgan fingerprint density at radius 1 is 1.50 bits per heavy atom. The minimum atomic E-state index is -3.84. The molecule has 1 heterocycles. The minimum Gasteiger partial charge on any atom is -0.478 e. The summed E-state index contributed by atoms with van der Waals surface area (Å²) in [6, 6.07) is 2.58. The van der Waals surface area contributed by atoms with Gasteiger partial charge in [0.1, 0.15) is 11.1 Å². The van der Waals surface area contributed by atoms with Gasteiger partial charge in [0.25, 0.3) is 0 Å². The zero-order valence-corrected chi connectivity index (χ0v) is 11.4. The van der Waals surface area contributed by atoms with Crippen molar-refractivity contribution in [3.63, 3.8) is 0 Å². The summed E-state index contributed by atoms with van der Waals surface area (Å²) in [5, 5.41) is 8.05. The molecule has 1 aliphatic heterocycles. The highest BCUT2D eigenvalue weighted by molar-refractivity contribution is 7.93. The maximum absolute atomic E-state index is 13.6. The maximum atomic E-state index is 13.6. The molecule has 1 aliphatic rings. The van der Waals surface area contributed by atoms with E-state index in [0.29, 0.717) is 0 Å². The van der Waals surface area contributed by atoms with E-state index in [4.69, 9.17) is 5.11 Å². The number of carboxylic acids is 1. The Bertz CT molecular complexity index is 635. The maximum Gasteiger partial charge on any atom is 0.335 e. The van der Waals surface area contributed by atoms with Crippen molar-refractivity contribution < 1.29 is 22.7 Å². The number of nitrogens with one attached hydrogen (secondary N) is 3. The number of anilines is 1. The molecule has 4 N–H and O–H groups in total. The second-order valence-corrected chi connectivity index (χ2v) is 6.40. The van der Waals surface area contributed by atoms with Gasteiger partial charge in [-0.3, -0.25) is 15.6 Å². The molecule has 0 radical (unpaired) electrons. The predicted molar refractivity (Wildman–Crippen MR) is 70.3 cm³/mol. The van der Waals surface area contributed by atoms with Crippen LogP contribution in [-0.2, 0) is 10.0 Å². The number of hydrazine groups is 1. The molecule has 0 aromatic heterocycles. The highest BCUT2D eigenvalue weighted by Crippen LogP contribution is 2.20. The number of rotatable bonds is 4. The molecule has 2 atom stereocenters. The van der Waals surface area contributed by atoms with Gasteiger partial charge in [-0.25, -0.2) is 17.6 Å². The summed E-state index contributed by atoms with van der Waals surface area (Å²) in [4.78, 5) is 10.8. The average molecular weight is 303 g/mol. The number of aromatic carboxylic acids is 1. The van der Waals surface area contributed by atoms with Gasteiger partial charge < -0.3 is 5.11 Å². The smallest absolute Gasteiger partial charge is 0.335 e. The van der Waals surface area contributed by atoms with Crippen molar-refractivity contribution in [1.82, 2.24) is 10.9 Å². The largest absolute Gasteiger partial charge is 0.478 e. The van der Waals surface area contributed by atoms with Gasteiger partial charge in [0.05, 0.1) is 11.3 Å². The molecule has 0 aliphatic carbocycles. The summed E-state index contributed by atoms with van der Waals surface area (Å²) in [5.74, 6) is -2.09. The second-order valence-electron chi connectivity index (χ2n) is 4.50. The molecule has 2 rings (SSSR count). The Morgan fingerprint density at radius 2 is 2.20 bits per heavy atom. The first-order chi connectivity index (χ1) is 9.31. The van der Waals surface area contributed by atoms with Crippen LogP contribution in [0.2, 0.25) is 0 Å². The Hall–Kier alpha value is -1.71. The summed E-state index contributed by atoms with van der Waals surface area (Å²) < 4.78 is 40.0. The zero-order chi connectivity index (χ0) is 14.9. The van der Waals surface area contributed by atoms with Crippen molar-refractivity contribution in [3.8, 4) is 0 Å². The molecular formula is C11H14FN3O4S. The van der Waals surface area contributed by atoms with E-state index in [9.17, 15) is 17.6 Å². The van der Waals surface area contributed by atoms with Gasteiger partial charge in [0.15, 0.2) is 0 Å². The lowest BCUT2D eigenvalue weighted by molar-refractivity contribution is 0.0697. The fourth-order valence-corrected chi connectivity index (χ4v) is 3.46. The summed E-state index contributed by atoms with van der Waals surface area (Å²) >= 11 is 0. The van der Waals surface area contributed by atoms with E-state index in [-0.39, 0.29) is 23.8 Å². The predicted octanol–water partition coefficient (Wildman–Crippen LogP) is 0.131. The van der Waals surface area contributed by atoms with Crippen LogP contribution in [0.4, 0.5) is 10.1 Å². The normalized spacial score (nSPS) is 22.7. The zero-order valence-electron chi connectivity index (χ0n) is 10.6. The molecule has 0 bridgehead atoms. The van der Waals surface area contributed by atoms with Crippen LogP contribution in [0.15, 0.2) is 18.2 Å². The molecule has 1 aromatic rings. The highest BCUT2D eigenvalue weighted by atomic mass is 32.2. The third kappa shape index (κ3) is 2.89. The van der Waals surface area contributed by atoms with Crippen LogP contribution in [-0.4, -0.2) is 37.3 Å². The summed E-state index contributed by atoms with van der Waals surface area (Å²) in [5.41, 5.74) is 4.88. The van der Waals surface area contributed by atoms with E-state index >= 15 is 0 Å². The Morgan fingerprint density at radius 3 is 2.75 bits per heavy atom. The average Bonchev–Trinajstić information content (AvgIpc) is 2.78. The van der Waals surface area contributed by atoms with Gasteiger partial charge >= 0.3 is 5.97 Å².